The summed E-state index contributed by atoms with van der Waals surface area (Å²) in [4.78, 5) is 11.8. The molecule has 0 saturated carbocycles. The standard InChI is InChI=1S/C36H38N2O/c1-5-13-35(14-6-2)31-17-24(23-39)9-11-27(31)29-19-34-30(20-33(29)35)28-12-10-25(26(21-37)22-38)18-32(28)36(34,15-7-3)16-8-4/h9-12,17-20,23,26H,5-8,13-16H2,1-4H3. The van der Waals surface area contributed by atoms with Gasteiger partial charge >= 0.3 is 0 Å². The predicted octanol–water partition coefficient (Wildman–Crippen LogP) is 9.36. The molecule has 39 heavy (non-hydrogen) atoms. The van der Waals surface area contributed by atoms with Crippen LogP contribution in [0.3, 0.4) is 0 Å². The molecule has 0 N–H and O–H groups in total. The largest absolute Gasteiger partial charge is 0.298 e. The molecule has 5 rings (SSSR count). The van der Waals surface area contributed by atoms with Gasteiger partial charge in [0.05, 0.1) is 12.1 Å². The minimum atomic E-state index is -0.759. The van der Waals surface area contributed by atoms with E-state index in [-0.39, 0.29) is 10.8 Å². The summed E-state index contributed by atoms with van der Waals surface area (Å²) in [7, 11) is 0. The highest BCUT2D eigenvalue weighted by molar-refractivity contribution is 5.91. The first-order valence-corrected chi connectivity index (χ1v) is 14.7. The van der Waals surface area contributed by atoms with Crippen molar-refractivity contribution in [2.45, 2.75) is 95.8 Å². The summed E-state index contributed by atoms with van der Waals surface area (Å²) in [6.07, 6.45) is 9.37. The third-order valence-corrected chi connectivity index (χ3v) is 9.32. The number of fused-ring (bicyclic) bond motifs is 6. The third-order valence-electron chi connectivity index (χ3n) is 9.32. The average molecular weight is 515 g/mol. The van der Waals surface area contributed by atoms with Crippen LogP contribution in [0.4, 0.5) is 0 Å². The summed E-state index contributed by atoms with van der Waals surface area (Å²) < 4.78 is 0. The number of rotatable bonds is 10. The van der Waals surface area contributed by atoms with E-state index in [1.807, 2.05) is 12.1 Å². The van der Waals surface area contributed by atoms with Crippen LogP contribution in [0.5, 0.6) is 0 Å². The van der Waals surface area contributed by atoms with Gasteiger partial charge in [-0.15, -0.1) is 0 Å². The fourth-order valence-electron chi connectivity index (χ4n) is 7.98. The van der Waals surface area contributed by atoms with E-state index in [2.05, 4.69) is 76.2 Å². The lowest BCUT2D eigenvalue weighted by molar-refractivity contribution is 0.112. The van der Waals surface area contributed by atoms with Crippen LogP contribution in [-0.2, 0) is 10.8 Å². The molecule has 0 amide bonds. The molecule has 0 unspecified atom stereocenters. The van der Waals surface area contributed by atoms with E-state index in [4.69, 9.17) is 0 Å². The van der Waals surface area contributed by atoms with Gasteiger partial charge in [-0.05, 0) is 94.0 Å². The number of aldehydes is 1. The molecule has 0 aliphatic heterocycles. The van der Waals surface area contributed by atoms with E-state index in [9.17, 15) is 15.3 Å². The first-order chi connectivity index (χ1) is 19.0. The van der Waals surface area contributed by atoms with E-state index >= 15 is 0 Å². The molecule has 0 atom stereocenters. The van der Waals surface area contributed by atoms with Crippen molar-refractivity contribution < 1.29 is 4.79 Å². The van der Waals surface area contributed by atoms with E-state index in [1.54, 1.807) is 0 Å². The first kappa shape index (κ1) is 26.9. The normalized spacial score (nSPS) is 15.2. The van der Waals surface area contributed by atoms with Crippen LogP contribution < -0.4 is 0 Å². The summed E-state index contributed by atoms with van der Waals surface area (Å²) >= 11 is 0. The zero-order valence-electron chi connectivity index (χ0n) is 23.7. The van der Waals surface area contributed by atoms with Gasteiger partial charge in [0.25, 0.3) is 0 Å². The summed E-state index contributed by atoms with van der Waals surface area (Å²) in [5.41, 5.74) is 11.8. The van der Waals surface area contributed by atoms with Gasteiger partial charge in [-0.1, -0.05) is 83.7 Å². The van der Waals surface area contributed by atoms with E-state index in [1.165, 1.54) is 44.5 Å². The van der Waals surface area contributed by atoms with Gasteiger partial charge in [-0.3, -0.25) is 4.79 Å². The quantitative estimate of drug-likeness (QED) is 0.253. The monoisotopic (exact) mass is 514 g/mol. The van der Waals surface area contributed by atoms with Crippen molar-refractivity contribution in [2.75, 3.05) is 0 Å². The molecule has 0 heterocycles. The molecular formula is C36H38N2O. The Morgan fingerprint density at radius 3 is 1.51 bits per heavy atom. The van der Waals surface area contributed by atoms with Crippen LogP contribution in [0.25, 0.3) is 22.3 Å². The second-order valence-corrected chi connectivity index (χ2v) is 11.5. The number of nitrogens with zero attached hydrogens (tertiary/aromatic N) is 2. The fourth-order valence-corrected chi connectivity index (χ4v) is 7.98. The molecule has 0 radical (unpaired) electrons. The number of hydrogen-bond donors (Lipinski definition) is 0. The van der Waals surface area contributed by atoms with Crippen molar-refractivity contribution in [1.82, 2.24) is 0 Å². The number of carbonyl (C=O) groups is 1. The van der Waals surface area contributed by atoms with Crippen molar-refractivity contribution in [3.63, 3.8) is 0 Å². The Balaban J connectivity index is 1.84. The average Bonchev–Trinajstić information content (AvgIpc) is 3.36. The summed E-state index contributed by atoms with van der Waals surface area (Å²) in [6, 6.07) is 21.9. The Labute approximate surface area is 233 Å². The Morgan fingerprint density at radius 2 is 1.08 bits per heavy atom. The van der Waals surface area contributed by atoms with Crippen LogP contribution >= 0.6 is 0 Å². The van der Waals surface area contributed by atoms with Crippen molar-refractivity contribution in [1.29, 1.82) is 10.5 Å². The smallest absolute Gasteiger partial charge is 0.158 e. The van der Waals surface area contributed by atoms with Crippen LogP contribution in [0, 0.1) is 22.7 Å². The minimum Gasteiger partial charge on any atom is -0.298 e. The van der Waals surface area contributed by atoms with Crippen molar-refractivity contribution >= 4 is 6.29 Å². The fraction of sp³-hybridized carbons (Fsp3) is 0.417. The molecule has 3 aromatic rings. The molecule has 0 spiro atoms. The van der Waals surface area contributed by atoms with E-state index < -0.39 is 5.92 Å². The molecule has 2 aliphatic rings. The van der Waals surface area contributed by atoms with E-state index in [0.29, 0.717) is 0 Å². The minimum absolute atomic E-state index is 0.101. The number of hydrogen-bond acceptors (Lipinski definition) is 3. The zero-order valence-corrected chi connectivity index (χ0v) is 23.7. The van der Waals surface area contributed by atoms with Gasteiger partial charge in [0.1, 0.15) is 6.29 Å². The molecule has 198 valence electrons. The Kier molecular flexibility index (Phi) is 7.22. The zero-order chi connectivity index (χ0) is 27.8. The molecule has 3 aromatic carbocycles. The first-order valence-electron chi connectivity index (χ1n) is 14.7. The molecule has 0 aromatic heterocycles. The molecule has 0 bridgehead atoms. The Bertz CT molecular complexity index is 1490. The molecular weight excluding hydrogens is 476 g/mol. The predicted molar refractivity (Wildman–Crippen MR) is 158 cm³/mol. The van der Waals surface area contributed by atoms with Crippen LogP contribution in [-0.4, -0.2) is 6.29 Å². The van der Waals surface area contributed by atoms with Crippen molar-refractivity contribution in [3.05, 3.63) is 81.9 Å². The van der Waals surface area contributed by atoms with Gasteiger partial charge < -0.3 is 0 Å². The maximum atomic E-state index is 11.8. The van der Waals surface area contributed by atoms with Gasteiger partial charge in [-0.2, -0.15) is 10.5 Å². The number of benzene rings is 3. The van der Waals surface area contributed by atoms with Gasteiger partial charge in [0.2, 0.25) is 0 Å². The molecule has 0 fully saturated rings. The Morgan fingerprint density at radius 1 is 0.641 bits per heavy atom. The molecule has 3 heteroatoms. The lowest BCUT2D eigenvalue weighted by Gasteiger charge is -2.34. The van der Waals surface area contributed by atoms with Gasteiger partial charge in [0.15, 0.2) is 5.92 Å². The second kappa shape index (κ2) is 10.5. The van der Waals surface area contributed by atoms with Gasteiger partial charge in [-0.25, -0.2) is 0 Å². The van der Waals surface area contributed by atoms with Crippen LogP contribution in [0.1, 0.15) is 123 Å². The van der Waals surface area contributed by atoms with Crippen LogP contribution in [0.2, 0.25) is 0 Å². The topological polar surface area (TPSA) is 64.7 Å². The highest BCUT2D eigenvalue weighted by Gasteiger charge is 2.47. The number of nitriles is 2. The maximum Gasteiger partial charge on any atom is 0.158 e. The lowest BCUT2D eigenvalue weighted by atomic mass is 9.69. The van der Waals surface area contributed by atoms with Gasteiger partial charge in [0, 0.05) is 16.4 Å². The maximum absolute atomic E-state index is 11.8. The highest BCUT2D eigenvalue weighted by atomic mass is 16.1. The summed E-state index contributed by atoms with van der Waals surface area (Å²) in [5.74, 6) is -0.759. The highest BCUT2D eigenvalue weighted by Crippen LogP contribution is 2.60. The molecule has 2 aliphatic carbocycles. The third kappa shape index (κ3) is 3.86. The summed E-state index contributed by atoms with van der Waals surface area (Å²) in [6.45, 7) is 9.03. The number of carbonyl (C=O) groups excluding carboxylic acids is 1. The van der Waals surface area contributed by atoms with Crippen LogP contribution in [0.15, 0.2) is 48.5 Å². The van der Waals surface area contributed by atoms with E-state index in [0.717, 1.165) is 68.8 Å². The molecule has 3 nitrogen and oxygen atoms in total. The van der Waals surface area contributed by atoms with Crippen molar-refractivity contribution in [2.24, 2.45) is 0 Å². The molecule has 0 saturated heterocycles. The lowest BCUT2D eigenvalue weighted by Crippen LogP contribution is -2.26. The summed E-state index contributed by atoms with van der Waals surface area (Å²) in [5, 5.41) is 19.3. The van der Waals surface area contributed by atoms with Crippen molar-refractivity contribution in [3.8, 4) is 34.4 Å². The SMILES string of the molecule is CCCC1(CCC)c2cc(C=O)ccc2-c2cc3c(cc21)-c1ccc(C(C#N)C#N)cc1C3(CCC)CCC. The second-order valence-electron chi connectivity index (χ2n) is 11.5. The Hall–Kier alpha value is -3.69.